The number of nitrogens with one attached hydrogen (secondary N) is 1. The summed E-state index contributed by atoms with van der Waals surface area (Å²) < 4.78 is 0. The van der Waals surface area contributed by atoms with Gasteiger partial charge in [-0.15, -0.1) is 0 Å². The third kappa shape index (κ3) is 3.30. The zero-order chi connectivity index (χ0) is 12.1. The van der Waals surface area contributed by atoms with Crippen LogP contribution in [-0.4, -0.2) is 29.5 Å². The van der Waals surface area contributed by atoms with E-state index in [1.165, 1.54) is 16.7 Å². The summed E-state index contributed by atoms with van der Waals surface area (Å²) in [6.07, 6.45) is -0.688. The predicted molar refractivity (Wildman–Crippen MR) is 65.4 cm³/mol. The lowest BCUT2D eigenvalue weighted by atomic mass is 9.97. The van der Waals surface area contributed by atoms with Gasteiger partial charge in [0.2, 0.25) is 0 Å². The Balaban J connectivity index is 2.69. The molecule has 0 aliphatic heterocycles. The summed E-state index contributed by atoms with van der Waals surface area (Å²) in [5.74, 6) is 0. The Morgan fingerprint density at radius 2 is 1.81 bits per heavy atom. The van der Waals surface area contributed by atoms with Crippen LogP contribution >= 0.6 is 0 Å². The first-order valence-electron chi connectivity index (χ1n) is 5.64. The maximum atomic E-state index is 9.28. The molecule has 0 aliphatic rings. The van der Waals surface area contributed by atoms with Gasteiger partial charge in [0.05, 0.1) is 12.7 Å². The number of aryl methyl sites for hydroxylation is 2. The van der Waals surface area contributed by atoms with Gasteiger partial charge in [0.1, 0.15) is 0 Å². The molecule has 0 aliphatic carbocycles. The average Bonchev–Trinajstić information content (AvgIpc) is 2.25. The molecule has 1 aromatic carbocycles. The number of benzene rings is 1. The zero-order valence-electron chi connectivity index (χ0n) is 10.2. The molecule has 3 N–H and O–H groups in total. The van der Waals surface area contributed by atoms with Crippen LogP contribution in [-0.2, 0) is 0 Å². The largest absolute Gasteiger partial charge is 0.394 e. The maximum Gasteiger partial charge on any atom is 0.0895 e. The molecule has 0 saturated heterocycles. The third-order valence-electron chi connectivity index (χ3n) is 2.85. The highest BCUT2D eigenvalue weighted by Crippen LogP contribution is 2.21. The topological polar surface area (TPSA) is 52.5 Å². The SMILES string of the molecule is Cc1cccc(C)c1C(C)NC[C@H](O)CO. The Morgan fingerprint density at radius 3 is 2.31 bits per heavy atom. The highest BCUT2D eigenvalue weighted by atomic mass is 16.3. The van der Waals surface area contributed by atoms with E-state index < -0.39 is 6.10 Å². The zero-order valence-corrected chi connectivity index (χ0v) is 10.2. The van der Waals surface area contributed by atoms with E-state index in [9.17, 15) is 5.11 Å². The van der Waals surface area contributed by atoms with Crippen LogP contribution in [0.2, 0.25) is 0 Å². The van der Waals surface area contributed by atoms with Crippen molar-refractivity contribution >= 4 is 0 Å². The second-order valence-electron chi connectivity index (χ2n) is 4.27. The van der Waals surface area contributed by atoms with Gasteiger partial charge < -0.3 is 15.5 Å². The van der Waals surface area contributed by atoms with E-state index >= 15 is 0 Å². The average molecular weight is 223 g/mol. The molecule has 3 heteroatoms. The summed E-state index contributed by atoms with van der Waals surface area (Å²) in [6.45, 7) is 6.45. The van der Waals surface area contributed by atoms with E-state index in [1.807, 2.05) is 6.07 Å². The van der Waals surface area contributed by atoms with E-state index in [1.54, 1.807) is 0 Å². The van der Waals surface area contributed by atoms with Crippen LogP contribution in [0.4, 0.5) is 0 Å². The summed E-state index contributed by atoms with van der Waals surface area (Å²) in [5, 5.41) is 21.2. The molecule has 0 spiro atoms. The first kappa shape index (κ1) is 13.2. The summed E-state index contributed by atoms with van der Waals surface area (Å²) >= 11 is 0. The molecule has 2 atom stereocenters. The molecule has 1 aromatic rings. The van der Waals surface area contributed by atoms with Crippen molar-refractivity contribution in [3.05, 3.63) is 34.9 Å². The maximum absolute atomic E-state index is 9.28. The van der Waals surface area contributed by atoms with Gasteiger partial charge in [0.25, 0.3) is 0 Å². The second kappa shape index (κ2) is 5.99. The van der Waals surface area contributed by atoms with E-state index in [2.05, 4.69) is 38.2 Å². The number of hydrogen-bond acceptors (Lipinski definition) is 3. The Hall–Kier alpha value is -0.900. The Labute approximate surface area is 97.1 Å². The quantitative estimate of drug-likeness (QED) is 0.705. The number of aliphatic hydroxyl groups is 2. The fraction of sp³-hybridized carbons (Fsp3) is 0.538. The fourth-order valence-corrected chi connectivity index (χ4v) is 1.99. The molecule has 0 aromatic heterocycles. The standard InChI is InChI=1S/C13H21NO2/c1-9-5-4-6-10(2)13(9)11(3)14-7-12(16)8-15/h4-6,11-12,14-16H,7-8H2,1-3H3/t11?,12-/m0/s1. The summed E-state index contributed by atoms with van der Waals surface area (Å²) in [7, 11) is 0. The van der Waals surface area contributed by atoms with Crippen LogP contribution in [0.3, 0.4) is 0 Å². The molecular weight excluding hydrogens is 202 g/mol. The minimum Gasteiger partial charge on any atom is -0.394 e. The molecule has 3 nitrogen and oxygen atoms in total. The van der Waals surface area contributed by atoms with Gasteiger partial charge >= 0.3 is 0 Å². The minimum atomic E-state index is -0.688. The van der Waals surface area contributed by atoms with E-state index in [4.69, 9.17) is 5.11 Å². The first-order valence-corrected chi connectivity index (χ1v) is 5.64. The molecular formula is C13H21NO2. The summed E-state index contributed by atoms with van der Waals surface area (Å²) in [4.78, 5) is 0. The Morgan fingerprint density at radius 1 is 1.25 bits per heavy atom. The lowest BCUT2D eigenvalue weighted by Crippen LogP contribution is -2.31. The molecule has 1 rings (SSSR count). The smallest absolute Gasteiger partial charge is 0.0895 e. The van der Waals surface area contributed by atoms with Crippen LogP contribution in [0.15, 0.2) is 18.2 Å². The van der Waals surface area contributed by atoms with Gasteiger partial charge in [-0.3, -0.25) is 0 Å². The van der Waals surface area contributed by atoms with Crippen LogP contribution in [0, 0.1) is 13.8 Å². The normalized spacial score (nSPS) is 14.8. The lowest BCUT2D eigenvalue weighted by molar-refractivity contribution is 0.0923. The van der Waals surface area contributed by atoms with Gasteiger partial charge in [0, 0.05) is 12.6 Å². The van der Waals surface area contributed by atoms with E-state index in [-0.39, 0.29) is 12.6 Å². The highest BCUT2D eigenvalue weighted by molar-refractivity contribution is 5.35. The van der Waals surface area contributed by atoms with Crippen LogP contribution in [0.25, 0.3) is 0 Å². The second-order valence-corrected chi connectivity index (χ2v) is 4.27. The molecule has 16 heavy (non-hydrogen) atoms. The summed E-state index contributed by atoms with van der Waals surface area (Å²) in [6, 6.07) is 6.40. The molecule has 0 amide bonds. The van der Waals surface area contributed by atoms with Crippen molar-refractivity contribution in [1.82, 2.24) is 5.32 Å². The molecule has 1 unspecified atom stereocenters. The number of hydrogen-bond donors (Lipinski definition) is 3. The Kier molecular flexibility index (Phi) is 4.93. The van der Waals surface area contributed by atoms with Crippen molar-refractivity contribution in [3.63, 3.8) is 0 Å². The van der Waals surface area contributed by atoms with Crippen molar-refractivity contribution in [2.75, 3.05) is 13.2 Å². The van der Waals surface area contributed by atoms with Crippen molar-refractivity contribution in [1.29, 1.82) is 0 Å². The highest BCUT2D eigenvalue weighted by Gasteiger charge is 2.11. The molecule has 0 bridgehead atoms. The van der Waals surface area contributed by atoms with Crippen LogP contribution in [0.5, 0.6) is 0 Å². The van der Waals surface area contributed by atoms with E-state index in [0.717, 1.165) is 0 Å². The lowest BCUT2D eigenvalue weighted by Gasteiger charge is -2.20. The number of rotatable bonds is 5. The fourth-order valence-electron chi connectivity index (χ4n) is 1.99. The van der Waals surface area contributed by atoms with Crippen LogP contribution < -0.4 is 5.32 Å². The van der Waals surface area contributed by atoms with E-state index in [0.29, 0.717) is 6.54 Å². The van der Waals surface area contributed by atoms with Gasteiger partial charge in [0.15, 0.2) is 0 Å². The van der Waals surface area contributed by atoms with Crippen molar-refractivity contribution in [3.8, 4) is 0 Å². The van der Waals surface area contributed by atoms with Gasteiger partial charge in [-0.2, -0.15) is 0 Å². The minimum absolute atomic E-state index is 0.183. The molecule has 90 valence electrons. The predicted octanol–water partition coefficient (Wildman–Crippen LogP) is 1.31. The Bertz CT molecular complexity index is 318. The molecule has 0 fully saturated rings. The molecule has 0 radical (unpaired) electrons. The van der Waals surface area contributed by atoms with Crippen molar-refractivity contribution in [2.24, 2.45) is 0 Å². The van der Waals surface area contributed by atoms with Crippen molar-refractivity contribution < 1.29 is 10.2 Å². The molecule has 0 saturated carbocycles. The van der Waals surface area contributed by atoms with Gasteiger partial charge in [-0.1, -0.05) is 18.2 Å². The van der Waals surface area contributed by atoms with Crippen molar-refractivity contribution in [2.45, 2.75) is 32.9 Å². The third-order valence-corrected chi connectivity index (χ3v) is 2.85. The first-order chi connectivity index (χ1) is 7.56. The van der Waals surface area contributed by atoms with Gasteiger partial charge in [-0.05, 0) is 37.5 Å². The monoisotopic (exact) mass is 223 g/mol. The van der Waals surface area contributed by atoms with Gasteiger partial charge in [-0.25, -0.2) is 0 Å². The summed E-state index contributed by atoms with van der Waals surface area (Å²) in [5.41, 5.74) is 3.77. The van der Waals surface area contributed by atoms with Crippen LogP contribution in [0.1, 0.15) is 29.7 Å². The number of aliphatic hydroxyl groups excluding tert-OH is 2. The molecule has 0 heterocycles.